The monoisotopic (exact) mass is 410 g/mol. The smallest absolute Gasteiger partial charge is 0.340 e. The van der Waals surface area contributed by atoms with Crippen molar-refractivity contribution in [3.63, 3.8) is 0 Å². The Morgan fingerprint density at radius 2 is 1.93 bits per heavy atom. The summed E-state index contributed by atoms with van der Waals surface area (Å²) in [6, 6.07) is 8.66. The van der Waals surface area contributed by atoms with E-state index in [1.54, 1.807) is 24.3 Å². The number of rotatable bonds is 3. The molecule has 140 valence electrons. The average molecular weight is 411 g/mol. The summed E-state index contributed by atoms with van der Waals surface area (Å²) in [6.07, 6.45) is -1.23. The number of carbonyl (C=O) groups excluding carboxylic acids is 3. The Bertz CT molecular complexity index is 951. The van der Waals surface area contributed by atoms with Crippen molar-refractivity contribution < 1.29 is 23.5 Å². The van der Waals surface area contributed by atoms with E-state index in [0.717, 1.165) is 12.1 Å². The molecule has 3 rings (SSSR count). The Balaban J connectivity index is 1.80. The molecule has 1 aliphatic heterocycles. The standard InChI is InChI=1S/C18H13Cl2FN2O4/c1-9(27-18(26)10-6-13(21)12(20)7-11(10)19)17(25)23-8-16(24)22-14-4-2-3-5-15(14)23/h2-7,9H,8H2,1H3,(H,22,24)/t9-/m0/s1. The van der Waals surface area contributed by atoms with E-state index in [1.807, 2.05) is 0 Å². The van der Waals surface area contributed by atoms with Crippen molar-refractivity contribution in [2.75, 3.05) is 16.8 Å². The van der Waals surface area contributed by atoms with Gasteiger partial charge in [-0.15, -0.1) is 0 Å². The molecule has 0 saturated heterocycles. The Kier molecular flexibility index (Phi) is 5.34. The average Bonchev–Trinajstić information content (AvgIpc) is 2.63. The minimum atomic E-state index is -1.23. The zero-order chi connectivity index (χ0) is 19.7. The highest BCUT2D eigenvalue weighted by Gasteiger charge is 2.32. The van der Waals surface area contributed by atoms with Gasteiger partial charge in [0.1, 0.15) is 12.4 Å². The first kappa shape index (κ1) is 19.1. The molecule has 0 unspecified atom stereocenters. The summed E-state index contributed by atoms with van der Waals surface area (Å²) in [7, 11) is 0. The van der Waals surface area contributed by atoms with E-state index in [0.29, 0.717) is 11.4 Å². The minimum absolute atomic E-state index is 0.103. The molecule has 2 aromatic carbocycles. The van der Waals surface area contributed by atoms with Crippen LogP contribution < -0.4 is 10.2 Å². The van der Waals surface area contributed by atoms with Gasteiger partial charge in [0.05, 0.1) is 27.0 Å². The van der Waals surface area contributed by atoms with Crippen molar-refractivity contribution in [2.45, 2.75) is 13.0 Å². The number of carbonyl (C=O) groups is 3. The molecule has 27 heavy (non-hydrogen) atoms. The third-order valence-electron chi connectivity index (χ3n) is 3.90. The molecular weight excluding hydrogens is 398 g/mol. The molecule has 1 heterocycles. The molecule has 6 nitrogen and oxygen atoms in total. The molecular formula is C18H13Cl2FN2O4. The fourth-order valence-electron chi connectivity index (χ4n) is 2.60. The number of fused-ring (bicyclic) bond motifs is 1. The Labute approximate surface area is 163 Å². The molecule has 0 spiro atoms. The molecule has 0 bridgehead atoms. The molecule has 0 aromatic heterocycles. The fourth-order valence-corrected chi connectivity index (χ4v) is 3.06. The summed E-state index contributed by atoms with van der Waals surface area (Å²) in [5, 5.41) is 2.31. The van der Waals surface area contributed by atoms with Crippen LogP contribution in [-0.4, -0.2) is 30.4 Å². The van der Waals surface area contributed by atoms with Gasteiger partial charge in [-0.3, -0.25) is 14.5 Å². The first-order valence-corrected chi connectivity index (χ1v) is 8.59. The van der Waals surface area contributed by atoms with Gasteiger partial charge in [-0.25, -0.2) is 9.18 Å². The van der Waals surface area contributed by atoms with Crippen molar-refractivity contribution >= 4 is 52.4 Å². The number of nitrogens with one attached hydrogen (secondary N) is 1. The summed E-state index contributed by atoms with van der Waals surface area (Å²) in [4.78, 5) is 38.0. The van der Waals surface area contributed by atoms with Crippen LogP contribution in [0, 0.1) is 5.82 Å². The Morgan fingerprint density at radius 1 is 1.22 bits per heavy atom. The number of halogens is 3. The predicted molar refractivity (Wildman–Crippen MR) is 98.7 cm³/mol. The minimum Gasteiger partial charge on any atom is -0.449 e. The topological polar surface area (TPSA) is 75.7 Å². The molecule has 1 atom stereocenters. The van der Waals surface area contributed by atoms with E-state index in [1.165, 1.54) is 11.8 Å². The van der Waals surface area contributed by atoms with Gasteiger partial charge in [0.2, 0.25) is 5.91 Å². The number of hydrogen-bond donors (Lipinski definition) is 1. The van der Waals surface area contributed by atoms with Crippen molar-refractivity contribution in [2.24, 2.45) is 0 Å². The molecule has 0 aliphatic carbocycles. The zero-order valence-electron chi connectivity index (χ0n) is 14.0. The number of amides is 2. The van der Waals surface area contributed by atoms with Gasteiger partial charge in [-0.1, -0.05) is 35.3 Å². The van der Waals surface area contributed by atoms with Crippen molar-refractivity contribution in [3.05, 3.63) is 57.8 Å². The summed E-state index contributed by atoms with van der Waals surface area (Å²) >= 11 is 11.5. The van der Waals surface area contributed by atoms with Crippen molar-refractivity contribution in [1.29, 1.82) is 0 Å². The second kappa shape index (κ2) is 7.54. The number of hydrogen-bond acceptors (Lipinski definition) is 4. The third kappa shape index (κ3) is 3.89. The third-order valence-corrected chi connectivity index (χ3v) is 4.50. The van der Waals surface area contributed by atoms with Gasteiger partial charge in [-0.05, 0) is 31.2 Å². The highest BCUT2D eigenvalue weighted by atomic mass is 35.5. The molecule has 1 aliphatic rings. The number of benzene rings is 2. The first-order chi connectivity index (χ1) is 12.8. The van der Waals surface area contributed by atoms with Gasteiger partial charge >= 0.3 is 5.97 Å². The Morgan fingerprint density at radius 3 is 2.67 bits per heavy atom. The van der Waals surface area contributed by atoms with Crippen LogP contribution >= 0.6 is 23.2 Å². The maximum absolute atomic E-state index is 13.6. The quantitative estimate of drug-likeness (QED) is 0.618. The van der Waals surface area contributed by atoms with Crippen LogP contribution in [0.5, 0.6) is 0 Å². The molecule has 1 N–H and O–H groups in total. The van der Waals surface area contributed by atoms with Gasteiger partial charge in [-0.2, -0.15) is 0 Å². The van der Waals surface area contributed by atoms with Crippen molar-refractivity contribution in [1.82, 2.24) is 0 Å². The molecule has 9 heteroatoms. The van der Waals surface area contributed by atoms with E-state index >= 15 is 0 Å². The predicted octanol–water partition coefficient (Wildman–Crippen LogP) is 3.66. The summed E-state index contributed by atoms with van der Waals surface area (Å²) < 4.78 is 18.7. The fraction of sp³-hybridized carbons (Fsp3) is 0.167. The molecule has 0 fully saturated rings. The SMILES string of the molecule is C[C@H](OC(=O)c1cc(F)c(Cl)cc1Cl)C(=O)N1CC(=O)Nc2ccccc21. The molecule has 2 aromatic rings. The lowest BCUT2D eigenvalue weighted by Crippen LogP contribution is -2.47. The van der Waals surface area contributed by atoms with Crippen LogP contribution in [0.15, 0.2) is 36.4 Å². The second-order valence-electron chi connectivity index (χ2n) is 5.78. The Hall–Kier alpha value is -2.64. The maximum atomic E-state index is 13.6. The maximum Gasteiger partial charge on any atom is 0.340 e. The highest BCUT2D eigenvalue weighted by Crippen LogP contribution is 2.30. The summed E-state index contributed by atoms with van der Waals surface area (Å²) in [6.45, 7) is 1.14. The number of esters is 1. The lowest BCUT2D eigenvalue weighted by Gasteiger charge is -2.30. The van der Waals surface area contributed by atoms with Crippen LogP contribution in [-0.2, 0) is 14.3 Å². The van der Waals surface area contributed by atoms with Crippen LogP contribution in [0.4, 0.5) is 15.8 Å². The van der Waals surface area contributed by atoms with Crippen LogP contribution in [0.1, 0.15) is 17.3 Å². The normalized spacial score (nSPS) is 14.2. The van der Waals surface area contributed by atoms with Crippen LogP contribution in [0.2, 0.25) is 10.0 Å². The van der Waals surface area contributed by atoms with Gasteiger partial charge in [0.15, 0.2) is 6.10 Å². The molecule has 0 radical (unpaired) electrons. The van der Waals surface area contributed by atoms with Gasteiger partial charge in [0, 0.05) is 0 Å². The molecule has 2 amide bonds. The first-order valence-electron chi connectivity index (χ1n) is 7.83. The highest BCUT2D eigenvalue weighted by molar-refractivity contribution is 6.36. The zero-order valence-corrected chi connectivity index (χ0v) is 15.5. The number of nitrogens with zero attached hydrogens (tertiary/aromatic N) is 1. The van der Waals surface area contributed by atoms with Crippen molar-refractivity contribution in [3.8, 4) is 0 Å². The largest absolute Gasteiger partial charge is 0.449 e. The lowest BCUT2D eigenvalue weighted by molar-refractivity contribution is -0.128. The number of ether oxygens (including phenoxy) is 1. The van der Waals surface area contributed by atoms with Crippen LogP contribution in [0.3, 0.4) is 0 Å². The summed E-state index contributed by atoms with van der Waals surface area (Å²) in [5.74, 6) is -2.79. The number of para-hydroxylation sites is 2. The molecule has 0 saturated carbocycles. The second-order valence-corrected chi connectivity index (χ2v) is 6.60. The van der Waals surface area contributed by atoms with Crippen LogP contribution in [0.25, 0.3) is 0 Å². The van der Waals surface area contributed by atoms with E-state index in [-0.39, 0.29) is 28.1 Å². The van der Waals surface area contributed by atoms with E-state index < -0.39 is 23.8 Å². The van der Waals surface area contributed by atoms with E-state index in [4.69, 9.17) is 27.9 Å². The van der Waals surface area contributed by atoms with Gasteiger partial charge in [0.25, 0.3) is 5.91 Å². The van der Waals surface area contributed by atoms with E-state index in [2.05, 4.69) is 5.32 Å². The summed E-state index contributed by atoms with van der Waals surface area (Å²) in [5.41, 5.74) is 0.707. The lowest BCUT2D eigenvalue weighted by atomic mass is 10.1. The number of anilines is 2. The van der Waals surface area contributed by atoms with E-state index in [9.17, 15) is 18.8 Å². The van der Waals surface area contributed by atoms with Gasteiger partial charge < -0.3 is 10.1 Å².